The molecule has 0 radical (unpaired) electrons. The molecule has 1 aromatic rings. The first kappa shape index (κ1) is 15.1. The van der Waals surface area contributed by atoms with Crippen LogP contribution < -0.4 is 5.73 Å². The molecule has 1 aromatic heterocycles. The van der Waals surface area contributed by atoms with Crippen molar-refractivity contribution in [1.82, 2.24) is 10.1 Å². The first-order chi connectivity index (χ1) is 8.74. The number of hydrogen-bond donors (Lipinski definition) is 1. The molecular weight excluding hydrogens is 234 g/mol. The number of hydrogen-bond acceptors (Lipinski definition) is 6. The fourth-order valence-corrected chi connectivity index (χ4v) is 1.69. The van der Waals surface area contributed by atoms with Crippen LogP contribution in [0.4, 0.5) is 0 Å². The van der Waals surface area contributed by atoms with E-state index in [0.717, 1.165) is 12.8 Å². The standard InChI is InChI=1S/C12H23N3O3/c1-4-6-10(17-5-2)12-14-11(18-15-12)7-9(8-13)16-3/h9-10H,4-8,13H2,1-3H3. The van der Waals surface area contributed by atoms with Crippen molar-refractivity contribution >= 4 is 0 Å². The Hall–Kier alpha value is -0.980. The third-order valence-corrected chi connectivity index (χ3v) is 2.69. The highest BCUT2D eigenvalue weighted by Crippen LogP contribution is 2.20. The Morgan fingerprint density at radius 2 is 2.17 bits per heavy atom. The van der Waals surface area contributed by atoms with E-state index in [4.69, 9.17) is 19.7 Å². The molecule has 1 rings (SSSR count). The van der Waals surface area contributed by atoms with E-state index >= 15 is 0 Å². The van der Waals surface area contributed by atoms with E-state index in [1.54, 1.807) is 7.11 Å². The molecule has 2 atom stereocenters. The van der Waals surface area contributed by atoms with Crippen LogP contribution >= 0.6 is 0 Å². The van der Waals surface area contributed by atoms with Gasteiger partial charge in [-0.2, -0.15) is 4.98 Å². The van der Waals surface area contributed by atoms with Crippen LogP contribution in [-0.2, 0) is 15.9 Å². The molecule has 6 nitrogen and oxygen atoms in total. The van der Waals surface area contributed by atoms with Gasteiger partial charge in [-0.3, -0.25) is 0 Å². The Bertz CT molecular complexity index is 320. The lowest BCUT2D eigenvalue weighted by atomic mass is 10.2. The van der Waals surface area contributed by atoms with Crippen LogP contribution in [0.15, 0.2) is 4.52 Å². The number of nitrogens with zero attached hydrogens (tertiary/aromatic N) is 2. The van der Waals surface area contributed by atoms with Gasteiger partial charge in [-0.15, -0.1) is 0 Å². The number of ether oxygens (including phenoxy) is 2. The minimum Gasteiger partial charge on any atom is -0.380 e. The first-order valence-corrected chi connectivity index (χ1v) is 6.42. The maximum absolute atomic E-state index is 5.60. The second-order valence-electron chi connectivity index (χ2n) is 4.08. The summed E-state index contributed by atoms with van der Waals surface area (Å²) in [5.41, 5.74) is 5.55. The predicted octanol–water partition coefficient (Wildman–Crippen LogP) is 1.46. The molecule has 1 heterocycles. The first-order valence-electron chi connectivity index (χ1n) is 6.42. The van der Waals surface area contributed by atoms with Crippen LogP contribution in [0.3, 0.4) is 0 Å². The van der Waals surface area contributed by atoms with Crippen molar-refractivity contribution in [2.75, 3.05) is 20.3 Å². The van der Waals surface area contributed by atoms with Crippen molar-refractivity contribution < 1.29 is 14.0 Å². The molecule has 0 bridgehead atoms. The van der Waals surface area contributed by atoms with Crippen molar-refractivity contribution in [2.24, 2.45) is 5.73 Å². The molecule has 104 valence electrons. The lowest BCUT2D eigenvalue weighted by Crippen LogP contribution is -2.24. The van der Waals surface area contributed by atoms with Crippen molar-refractivity contribution in [1.29, 1.82) is 0 Å². The summed E-state index contributed by atoms with van der Waals surface area (Å²) in [7, 11) is 1.62. The molecule has 0 aliphatic rings. The zero-order chi connectivity index (χ0) is 13.4. The molecule has 0 amide bonds. The van der Waals surface area contributed by atoms with Gasteiger partial charge in [0, 0.05) is 20.3 Å². The van der Waals surface area contributed by atoms with Gasteiger partial charge in [0.2, 0.25) is 11.7 Å². The van der Waals surface area contributed by atoms with Crippen molar-refractivity contribution in [3.05, 3.63) is 11.7 Å². The normalized spacial score (nSPS) is 14.7. The minimum absolute atomic E-state index is 0.0867. The third kappa shape index (κ3) is 4.36. The quantitative estimate of drug-likeness (QED) is 0.721. The monoisotopic (exact) mass is 257 g/mol. The number of rotatable bonds is 9. The van der Waals surface area contributed by atoms with Crippen LogP contribution in [-0.4, -0.2) is 36.5 Å². The summed E-state index contributed by atoms with van der Waals surface area (Å²) in [6, 6.07) is 0. The second kappa shape index (κ2) is 8.18. The van der Waals surface area contributed by atoms with Gasteiger partial charge >= 0.3 is 0 Å². The second-order valence-corrected chi connectivity index (χ2v) is 4.08. The number of aromatic nitrogens is 2. The molecule has 2 N–H and O–H groups in total. The van der Waals surface area contributed by atoms with E-state index in [-0.39, 0.29) is 12.2 Å². The maximum atomic E-state index is 5.60. The predicted molar refractivity (Wildman–Crippen MR) is 67.1 cm³/mol. The fourth-order valence-electron chi connectivity index (χ4n) is 1.69. The maximum Gasteiger partial charge on any atom is 0.229 e. The van der Waals surface area contributed by atoms with E-state index < -0.39 is 0 Å². The van der Waals surface area contributed by atoms with E-state index in [1.807, 2.05) is 6.92 Å². The van der Waals surface area contributed by atoms with Gasteiger partial charge in [-0.05, 0) is 13.3 Å². The topological polar surface area (TPSA) is 83.4 Å². The molecule has 0 saturated heterocycles. The zero-order valence-electron chi connectivity index (χ0n) is 11.4. The Balaban J connectivity index is 2.64. The van der Waals surface area contributed by atoms with Crippen molar-refractivity contribution in [3.63, 3.8) is 0 Å². The van der Waals surface area contributed by atoms with Crippen molar-refractivity contribution in [3.8, 4) is 0 Å². The third-order valence-electron chi connectivity index (χ3n) is 2.69. The van der Waals surface area contributed by atoms with E-state index in [9.17, 15) is 0 Å². The largest absolute Gasteiger partial charge is 0.380 e. The summed E-state index contributed by atoms with van der Waals surface area (Å²) in [6.45, 7) is 5.12. The van der Waals surface area contributed by atoms with Crippen LogP contribution in [0.2, 0.25) is 0 Å². The highest BCUT2D eigenvalue weighted by Gasteiger charge is 2.19. The Morgan fingerprint density at radius 1 is 1.39 bits per heavy atom. The average Bonchev–Trinajstić information content (AvgIpc) is 2.84. The lowest BCUT2D eigenvalue weighted by Gasteiger charge is -2.11. The van der Waals surface area contributed by atoms with Gasteiger partial charge in [0.25, 0.3) is 0 Å². The van der Waals surface area contributed by atoms with Crippen LogP contribution in [0.5, 0.6) is 0 Å². The van der Waals surface area contributed by atoms with E-state index in [0.29, 0.717) is 31.3 Å². The van der Waals surface area contributed by atoms with Gasteiger partial charge in [0.05, 0.1) is 12.5 Å². The number of methoxy groups -OCH3 is 1. The summed E-state index contributed by atoms with van der Waals surface area (Å²) < 4.78 is 16.0. The van der Waals surface area contributed by atoms with Crippen LogP contribution in [0.1, 0.15) is 44.5 Å². The van der Waals surface area contributed by atoms with Crippen molar-refractivity contribution in [2.45, 2.75) is 45.3 Å². The van der Waals surface area contributed by atoms with Gasteiger partial charge in [-0.1, -0.05) is 18.5 Å². The van der Waals surface area contributed by atoms with Gasteiger partial charge in [0.1, 0.15) is 6.10 Å². The molecule has 0 aromatic carbocycles. The van der Waals surface area contributed by atoms with Gasteiger partial charge in [-0.25, -0.2) is 0 Å². The van der Waals surface area contributed by atoms with Gasteiger partial charge < -0.3 is 19.7 Å². The van der Waals surface area contributed by atoms with Crippen LogP contribution in [0.25, 0.3) is 0 Å². The van der Waals surface area contributed by atoms with E-state index in [2.05, 4.69) is 17.1 Å². The summed E-state index contributed by atoms with van der Waals surface area (Å²) in [5, 5.41) is 3.97. The summed E-state index contributed by atoms with van der Waals surface area (Å²) >= 11 is 0. The zero-order valence-corrected chi connectivity index (χ0v) is 11.4. The highest BCUT2D eigenvalue weighted by atomic mass is 16.5. The molecular formula is C12H23N3O3. The summed E-state index contributed by atoms with van der Waals surface area (Å²) in [4.78, 5) is 4.35. The molecule has 18 heavy (non-hydrogen) atoms. The average molecular weight is 257 g/mol. The molecule has 6 heteroatoms. The molecule has 0 saturated carbocycles. The Kier molecular flexibility index (Phi) is 6.85. The van der Waals surface area contributed by atoms with Gasteiger partial charge in [0.15, 0.2) is 0 Å². The smallest absolute Gasteiger partial charge is 0.229 e. The van der Waals surface area contributed by atoms with E-state index in [1.165, 1.54) is 0 Å². The summed E-state index contributed by atoms with van der Waals surface area (Å²) in [6.07, 6.45) is 2.26. The molecule has 0 aliphatic heterocycles. The number of nitrogens with two attached hydrogens (primary N) is 1. The Labute approximate surface area is 108 Å². The Morgan fingerprint density at radius 3 is 2.72 bits per heavy atom. The molecule has 0 fully saturated rings. The summed E-state index contributed by atoms with van der Waals surface area (Å²) in [5.74, 6) is 1.16. The minimum atomic E-state index is -0.0879. The SMILES string of the molecule is CCCC(OCC)c1noc(CC(CN)OC)n1. The lowest BCUT2D eigenvalue weighted by molar-refractivity contribution is 0.0477. The van der Waals surface area contributed by atoms with Crippen LogP contribution in [0, 0.1) is 0 Å². The fraction of sp³-hybridized carbons (Fsp3) is 0.833. The molecule has 2 unspecified atom stereocenters. The highest BCUT2D eigenvalue weighted by molar-refractivity contribution is 4.93. The molecule has 0 aliphatic carbocycles. The molecule has 0 spiro atoms.